The molecule has 0 aromatic carbocycles. The van der Waals surface area contributed by atoms with Gasteiger partial charge in [0.1, 0.15) is 0 Å². The molecular formula is C10H24N4+2. The van der Waals surface area contributed by atoms with Gasteiger partial charge in [0, 0.05) is 0 Å². The van der Waals surface area contributed by atoms with Crippen LogP contribution < -0.4 is 21.8 Å². The molecule has 0 saturated heterocycles. The second-order valence-electron chi connectivity index (χ2n) is 3.56. The van der Waals surface area contributed by atoms with Crippen LogP contribution >= 0.6 is 0 Å². The average Bonchev–Trinajstić information content (AvgIpc) is 2.12. The van der Waals surface area contributed by atoms with Gasteiger partial charge < -0.3 is 5.73 Å². The van der Waals surface area contributed by atoms with Gasteiger partial charge in [0.05, 0.1) is 19.6 Å². The van der Waals surface area contributed by atoms with Crippen LogP contribution in [0.3, 0.4) is 0 Å². The Bertz CT molecular complexity index is 192. The van der Waals surface area contributed by atoms with Gasteiger partial charge in [-0.2, -0.15) is 0 Å². The van der Waals surface area contributed by atoms with Gasteiger partial charge >= 0.3 is 5.96 Å². The van der Waals surface area contributed by atoms with Gasteiger partial charge in [-0.3, -0.25) is 16.0 Å². The fourth-order valence-electron chi connectivity index (χ4n) is 0.952. The van der Waals surface area contributed by atoms with E-state index in [2.05, 4.69) is 36.0 Å². The molecule has 0 bridgehead atoms. The predicted octanol–water partition coefficient (Wildman–Crippen LogP) is -2.04. The van der Waals surface area contributed by atoms with Gasteiger partial charge in [-0.1, -0.05) is 11.6 Å². The zero-order valence-corrected chi connectivity index (χ0v) is 9.40. The number of guanidine groups is 1. The van der Waals surface area contributed by atoms with Crippen molar-refractivity contribution in [3.8, 4) is 0 Å². The lowest BCUT2D eigenvalue weighted by Gasteiger charge is -1.97. The molecule has 7 N–H and O–H groups in total. The number of nitrogens with two attached hydrogens (primary N) is 1. The normalized spacial score (nSPS) is 11.2. The third kappa shape index (κ3) is 9.06. The maximum atomic E-state index is 5.69. The lowest BCUT2D eigenvalue weighted by molar-refractivity contribution is -0.448. The van der Waals surface area contributed by atoms with Gasteiger partial charge in [-0.05, 0) is 26.7 Å². The maximum absolute atomic E-state index is 5.69. The second kappa shape index (κ2) is 8.56. The molecule has 0 aromatic heterocycles. The SMILES string of the molecule is CC(C)=CC[NH+]=C(N)NCCCC[NH3+]. The number of nitrogens with one attached hydrogen (secondary N) is 2. The third-order valence-electron chi connectivity index (χ3n) is 1.80. The molecule has 4 heteroatoms. The molecule has 0 radical (unpaired) electrons. The van der Waals surface area contributed by atoms with Crippen molar-refractivity contribution in [3.05, 3.63) is 11.6 Å². The third-order valence-corrected chi connectivity index (χ3v) is 1.80. The highest BCUT2D eigenvalue weighted by Gasteiger charge is 1.95. The van der Waals surface area contributed by atoms with Crippen molar-refractivity contribution in [3.63, 3.8) is 0 Å². The van der Waals surface area contributed by atoms with Crippen molar-refractivity contribution in [2.45, 2.75) is 26.7 Å². The molecule has 0 heterocycles. The first-order valence-electron chi connectivity index (χ1n) is 5.19. The molecule has 0 fully saturated rings. The van der Waals surface area contributed by atoms with Gasteiger partial charge in [0.2, 0.25) is 0 Å². The molecular weight excluding hydrogens is 176 g/mol. The Morgan fingerprint density at radius 2 is 2.14 bits per heavy atom. The summed E-state index contributed by atoms with van der Waals surface area (Å²) < 4.78 is 0. The lowest BCUT2D eigenvalue weighted by atomic mass is 10.3. The molecule has 0 rings (SSSR count). The summed E-state index contributed by atoms with van der Waals surface area (Å²) in [6, 6.07) is 0. The molecule has 0 aromatic rings. The van der Waals surface area contributed by atoms with E-state index in [1.54, 1.807) is 0 Å². The van der Waals surface area contributed by atoms with Gasteiger partial charge in [-0.25, -0.2) is 0 Å². The summed E-state index contributed by atoms with van der Waals surface area (Å²) in [5, 5.41) is 3.12. The Morgan fingerprint density at radius 1 is 1.43 bits per heavy atom. The number of unbranched alkanes of at least 4 members (excludes halogenated alkanes) is 1. The molecule has 0 saturated carbocycles. The van der Waals surface area contributed by atoms with Gasteiger partial charge in [0.25, 0.3) is 0 Å². The van der Waals surface area contributed by atoms with E-state index in [1.807, 2.05) is 0 Å². The summed E-state index contributed by atoms with van der Waals surface area (Å²) in [6.07, 6.45) is 4.37. The minimum Gasteiger partial charge on any atom is -0.358 e. The fourth-order valence-corrected chi connectivity index (χ4v) is 0.952. The fraction of sp³-hybridized carbons (Fsp3) is 0.700. The van der Waals surface area contributed by atoms with E-state index in [0.717, 1.165) is 32.5 Å². The first-order chi connectivity index (χ1) is 6.66. The van der Waals surface area contributed by atoms with Crippen LogP contribution in [-0.2, 0) is 0 Å². The predicted molar refractivity (Wildman–Crippen MR) is 59.4 cm³/mol. The zero-order valence-electron chi connectivity index (χ0n) is 9.40. The minimum absolute atomic E-state index is 0.659. The number of allylic oxidation sites excluding steroid dienone is 1. The zero-order chi connectivity index (χ0) is 10.8. The smallest absolute Gasteiger partial charge is 0.341 e. The van der Waals surface area contributed by atoms with Crippen molar-refractivity contribution in [1.82, 2.24) is 5.32 Å². The largest absolute Gasteiger partial charge is 0.358 e. The summed E-state index contributed by atoms with van der Waals surface area (Å²) in [5.74, 6) is 0.659. The van der Waals surface area contributed by atoms with Crippen molar-refractivity contribution in [2.24, 2.45) is 5.73 Å². The monoisotopic (exact) mass is 200 g/mol. The Morgan fingerprint density at radius 3 is 2.71 bits per heavy atom. The topological polar surface area (TPSA) is 79.7 Å². The highest BCUT2D eigenvalue weighted by Crippen LogP contribution is 1.82. The summed E-state index contributed by atoms with van der Waals surface area (Å²) in [7, 11) is 0. The highest BCUT2D eigenvalue weighted by molar-refractivity contribution is 5.71. The Labute approximate surface area is 86.5 Å². The quantitative estimate of drug-likeness (QED) is 0.172. The first-order valence-corrected chi connectivity index (χ1v) is 5.19. The van der Waals surface area contributed by atoms with E-state index in [4.69, 9.17) is 5.73 Å². The summed E-state index contributed by atoms with van der Waals surface area (Å²) in [6.45, 7) is 6.84. The van der Waals surface area contributed by atoms with E-state index in [0.29, 0.717) is 5.96 Å². The molecule has 0 aliphatic rings. The average molecular weight is 200 g/mol. The highest BCUT2D eigenvalue weighted by atomic mass is 15.1. The molecule has 0 aliphatic heterocycles. The summed E-state index contributed by atoms with van der Waals surface area (Å²) in [5.41, 5.74) is 10.8. The van der Waals surface area contributed by atoms with Crippen LogP contribution in [0.5, 0.6) is 0 Å². The standard InChI is InChI=1S/C10H22N4/c1-9(2)5-8-14-10(12)13-7-4-3-6-11/h5H,3-4,6-8,11H2,1-2H3,(H3,12,13,14)/p+2. The molecule has 0 atom stereocenters. The summed E-state index contributed by atoms with van der Waals surface area (Å²) >= 11 is 0. The lowest BCUT2D eigenvalue weighted by Crippen LogP contribution is -2.78. The molecule has 0 aliphatic carbocycles. The molecule has 0 unspecified atom stereocenters. The van der Waals surface area contributed by atoms with E-state index in [1.165, 1.54) is 5.57 Å². The molecule has 0 amide bonds. The number of quaternary nitrogens is 1. The minimum atomic E-state index is 0.659. The first kappa shape index (κ1) is 13.0. The number of hydrogen-bond acceptors (Lipinski definition) is 0. The number of hydrogen-bond donors (Lipinski definition) is 4. The Hall–Kier alpha value is -1.03. The molecule has 4 nitrogen and oxygen atoms in total. The Balaban J connectivity index is 3.52. The van der Waals surface area contributed by atoms with Crippen LogP contribution in [0.4, 0.5) is 0 Å². The van der Waals surface area contributed by atoms with E-state index in [9.17, 15) is 0 Å². The molecule has 82 valence electrons. The molecule has 14 heavy (non-hydrogen) atoms. The van der Waals surface area contributed by atoms with Crippen LogP contribution in [0.15, 0.2) is 11.6 Å². The summed E-state index contributed by atoms with van der Waals surface area (Å²) in [4.78, 5) is 3.08. The second-order valence-corrected chi connectivity index (χ2v) is 3.56. The van der Waals surface area contributed by atoms with Crippen molar-refractivity contribution < 1.29 is 10.7 Å². The van der Waals surface area contributed by atoms with Crippen LogP contribution in [-0.4, -0.2) is 25.6 Å². The van der Waals surface area contributed by atoms with Crippen LogP contribution in [0.25, 0.3) is 0 Å². The number of rotatable bonds is 6. The molecule has 0 spiro atoms. The van der Waals surface area contributed by atoms with Crippen LogP contribution in [0.1, 0.15) is 26.7 Å². The van der Waals surface area contributed by atoms with Crippen molar-refractivity contribution in [1.29, 1.82) is 0 Å². The van der Waals surface area contributed by atoms with Gasteiger partial charge in [0.15, 0.2) is 0 Å². The van der Waals surface area contributed by atoms with Crippen LogP contribution in [0.2, 0.25) is 0 Å². The Kier molecular flexibility index (Phi) is 7.93. The van der Waals surface area contributed by atoms with Crippen molar-refractivity contribution >= 4 is 5.96 Å². The van der Waals surface area contributed by atoms with E-state index >= 15 is 0 Å². The van der Waals surface area contributed by atoms with Crippen LogP contribution in [0, 0.1) is 0 Å². The maximum Gasteiger partial charge on any atom is 0.341 e. The van der Waals surface area contributed by atoms with Gasteiger partial charge in [-0.15, -0.1) is 0 Å². The van der Waals surface area contributed by atoms with E-state index < -0.39 is 0 Å². The van der Waals surface area contributed by atoms with Crippen molar-refractivity contribution in [2.75, 3.05) is 19.6 Å². The van der Waals surface area contributed by atoms with E-state index in [-0.39, 0.29) is 0 Å².